The van der Waals surface area contributed by atoms with Gasteiger partial charge in [0.25, 0.3) is 0 Å². The van der Waals surface area contributed by atoms with Gasteiger partial charge in [-0.3, -0.25) is 9.59 Å². The lowest BCUT2D eigenvalue weighted by Crippen LogP contribution is -2.41. The summed E-state index contributed by atoms with van der Waals surface area (Å²) in [4.78, 5) is 22.5. The highest BCUT2D eigenvalue weighted by Gasteiger charge is 2.38. The fraction of sp³-hybridized carbons (Fsp3) is 0.455. The predicted molar refractivity (Wildman–Crippen MR) is 52.7 cm³/mol. The molecule has 0 heterocycles. The molecule has 1 aliphatic carbocycles. The first-order valence-corrected chi connectivity index (χ1v) is 4.47. The number of carbonyl (C=O) groups excluding carboxylic acids is 2. The maximum atomic E-state index is 11.7. The van der Waals surface area contributed by atoms with Crippen molar-refractivity contribution in [2.45, 2.75) is 33.3 Å². The first-order valence-electron chi connectivity index (χ1n) is 4.47. The van der Waals surface area contributed by atoms with Gasteiger partial charge in [-0.1, -0.05) is 6.08 Å². The molecule has 0 N–H and O–H groups in total. The van der Waals surface area contributed by atoms with Gasteiger partial charge in [0.05, 0.1) is 0 Å². The van der Waals surface area contributed by atoms with Crippen LogP contribution in [0.25, 0.3) is 0 Å². The number of rotatable bonds is 1. The zero-order valence-electron chi connectivity index (χ0n) is 8.88. The van der Waals surface area contributed by atoms with Gasteiger partial charge in [-0.25, -0.2) is 0 Å². The molecule has 0 saturated heterocycles. The molecule has 3 heteroatoms. The summed E-state index contributed by atoms with van der Waals surface area (Å²) in [6.07, 6.45) is 3.35. The minimum absolute atomic E-state index is 0.176. The van der Waals surface area contributed by atoms with Crippen molar-refractivity contribution in [3.05, 3.63) is 23.3 Å². The molecule has 76 valence electrons. The van der Waals surface area contributed by atoms with E-state index in [1.54, 1.807) is 13.8 Å². The Balaban J connectivity index is 3.06. The average Bonchev–Trinajstić information content (AvgIpc) is 1.99. The van der Waals surface area contributed by atoms with E-state index in [0.29, 0.717) is 0 Å². The van der Waals surface area contributed by atoms with E-state index in [1.165, 1.54) is 13.0 Å². The van der Waals surface area contributed by atoms with Crippen LogP contribution in [0.5, 0.6) is 0 Å². The summed E-state index contributed by atoms with van der Waals surface area (Å²) in [6, 6.07) is 0. The Morgan fingerprint density at radius 2 is 1.93 bits per heavy atom. The van der Waals surface area contributed by atoms with Crippen molar-refractivity contribution >= 4 is 11.8 Å². The summed E-state index contributed by atoms with van der Waals surface area (Å²) >= 11 is 0. The first-order chi connectivity index (χ1) is 6.36. The molecule has 0 bridgehead atoms. The molecule has 0 fully saturated rings. The Bertz CT molecular complexity index is 350. The van der Waals surface area contributed by atoms with Gasteiger partial charge in [0.15, 0.2) is 5.60 Å². The molecule has 0 amide bonds. The number of carbonyl (C=O) groups is 2. The number of esters is 1. The molecule has 0 spiro atoms. The van der Waals surface area contributed by atoms with Gasteiger partial charge >= 0.3 is 5.97 Å². The van der Waals surface area contributed by atoms with Crippen LogP contribution in [0.3, 0.4) is 0 Å². The van der Waals surface area contributed by atoms with Crippen LogP contribution in [0, 0.1) is 0 Å². The Kier molecular flexibility index (Phi) is 2.60. The fourth-order valence-electron chi connectivity index (χ4n) is 1.48. The molecular weight excluding hydrogens is 180 g/mol. The Morgan fingerprint density at radius 3 is 2.36 bits per heavy atom. The summed E-state index contributed by atoms with van der Waals surface area (Å²) in [7, 11) is 0. The topological polar surface area (TPSA) is 43.4 Å². The fourth-order valence-corrected chi connectivity index (χ4v) is 1.48. The van der Waals surface area contributed by atoms with Crippen molar-refractivity contribution in [3.8, 4) is 0 Å². The smallest absolute Gasteiger partial charge is 0.303 e. The minimum Gasteiger partial charge on any atom is -0.447 e. The van der Waals surface area contributed by atoms with Crippen molar-refractivity contribution in [1.82, 2.24) is 0 Å². The van der Waals surface area contributed by atoms with Gasteiger partial charge in [-0.05, 0) is 38.0 Å². The Labute approximate surface area is 83.4 Å². The van der Waals surface area contributed by atoms with Crippen molar-refractivity contribution in [2.24, 2.45) is 0 Å². The van der Waals surface area contributed by atoms with E-state index in [-0.39, 0.29) is 5.78 Å². The molecule has 0 aromatic heterocycles. The second-order valence-corrected chi connectivity index (χ2v) is 3.71. The molecule has 1 rings (SSSR count). The highest BCUT2D eigenvalue weighted by atomic mass is 16.6. The van der Waals surface area contributed by atoms with Gasteiger partial charge < -0.3 is 4.74 Å². The molecule has 0 aromatic carbocycles. The van der Waals surface area contributed by atoms with Crippen molar-refractivity contribution in [2.75, 3.05) is 0 Å². The van der Waals surface area contributed by atoms with E-state index in [2.05, 4.69) is 0 Å². The number of hydrogen-bond acceptors (Lipinski definition) is 3. The summed E-state index contributed by atoms with van der Waals surface area (Å²) in [5.41, 5.74) is 0.542. The standard InChI is InChI=1S/C11H14O3/c1-7-5-8(2)11(4,10(13)6-7)14-9(3)12/h5-6H,1-4H3. The maximum Gasteiger partial charge on any atom is 0.303 e. The third kappa shape index (κ3) is 1.76. The molecule has 0 aliphatic heterocycles. The number of ether oxygens (including phenoxy) is 1. The summed E-state index contributed by atoms with van der Waals surface area (Å²) in [5.74, 6) is -0.619. The molecule has 0 saturated carbocycles. The van der Waals surface area contributed by atoms with E-state index >= 15 is 0 Å². The second-order valence-electron chi connectivity index (χ2n) is 3.71. The number of ketones is 1. The average molecular weight is 194 g/mol. The Morgan fingerprint density at radius 1 is 1.36 bits per heavy atom. The number of hydrogen-bond donors (Lipinski definition) is 0. The maximum absolute atomic E-state index is 11.7. The lowest BCUT2D eigenvalue weighted by Gasteiger charge is -2.30. The van der Waals surface area contributed by atoms with Crippen LogP contribution in [-0.4, -0.2) is 17.4 Å². The molecule has 1 unspecified atom stereocenters. The summed E-state index contributed by atoms with van der Waals surface area (Å²) in [5, 5.41) is 0. The highest BCUT2D eigenvalue weighted by molar-refractivity contribution is 6.02. The highest BCUT2D eigenvalue weighted by Crippen LogP contribution is 2.28. The number of allylic oxidation sites excluding steroid dienone is 2. The van der Waals surface area contributed by atoms with E-state index in [1.807, 2.05) is 13.0 Å². The van der Waals surface area contributed by atoms with Gasteiger partial charge in [0, 0.05) is 6.92 Å². The van der Waals surface area contributed by atoms with Crippen LogP contribution in [-0.2, 0) is 14.3 Å². The molecular formula is C11H14O3. The molecule has 1 aliphatic rings. The van der Waals surface area contributed by atoms with Crippen LogP contribution in [0.2, 0.25) is 0 Å². The molecule has 1 atom stereocenters. The van der Waals surface area contributed by atoms with E-state index in [4.69, 9.17) is 4.74 Å². The monoisotopic (exact) mass is 194 g/mol. The second kappa shape index (κ2) is 3.40. The third-order valence-electron chi connectivity index (χ3n) is 2.37. The van der Waals surface area contributed by atoms with Crippen LogP contribution in [0.1, 0.15) is 27.7 Å². The lowest BCUT2D eigenvalue weighted by molar-refractivity contribution is -0.158. The van der Waals surface area contributed by atoms with Crippen LogP contribution in [0.4, 0.5) is 0 Å². The van der Waals surface area contributed by atoms with Gasteiger partial charge in [-0.2, -0.15) is 0 Å². The lowest BCUT2D eigenvalue weighted by atomic mass is 9.85. The quantitative estimate of drug-likeness (QED) is 0.597. The summed E-state index contributed by atoms with van der Waals surface area (Å²) < 4.78 is 5.05. The van der Waals surface area contributed by atoms with Gasteiger partial charge in [0.1, 0.15) is 0 Å². The van der Waals surface area contributed by atoms with E-state index in [0.717, 1.165) is 11.1 Å². The predicted octanol–water partition coefficient (Wildman–Crippen LogP) is 1.78. The molecule has 3 nitrogen and oxygen atoms in total. The zero-order valence-corrected chi connectivity index (χ0v) is 8.88. The normalized spacial score (nSPS) is 26.7. The SMILES string of the molecule is CC(=O)OC1(C)C(=O)C=C(C)C=C1C. The minimum atomic E-state index is -1.11. The largest absolute Gasteiger partial charge is 0.447 e. The third-order valence-corrected chi connectivity index (χ3v) is 2.37. The van der Waals surface area contributed by atoms with Crippen LogP contribution >= 0.6 is 0 Å². The van der Waals surface area contributed by atoms with Gasteiger partial charge in [0.2, 0.25) is 5.78 Å². The van der Waals surface area contributed by atoms with Crippen LogP contribution < -0.4 is 0 Å². The van der Waals surface area contributed by atoms with Crippen LogP contribution in [0.15, 0.2) is 23.3 Å². The molecule has 0 aromatic rings. The molecule has 14 heavy (non-hydrogen) atoms. The van der Waals surface area contributed by atoms with Gasteiger partial charge in [-0.15, -0.1) is 0 Å². The Hall–Kier alpha value is -1.38. The zero-order chi connectivity index (χ0) is 10.9. The first kappa shape index (κ1) is 10.7. The van der Waals surface area contributed by atoms with Crippen molar-refractivity contribution in [3.63, 3.8) is 0 Å². The van der Waals surface area contributed by atoms with Crippen molar-refractivity contribution in [1.29, 1.82) is 0 Å². The summed E-state index contributed by atoms with van der Waals surface area (Å²) in [6.45, 7) is 6.55. The van der Waals surface area contributed by atoms with E-state index in [9.17, 15) is 9.59 Å². The van der Waals surface area contributed by atoms with E-state index < -0.39 is 11.6 Å². The van der Waals surface area contributed by atoms with Crippen molar-refractivity contribution < 1.29 is 14.3 Å². The molecule has 0 radical (unpaired) electrons.